The first-order valence-electron chi connectivity index (χ1n) is 14.7. The molecule has 0 atom stereocenters. The Hall–Kier alpha value is -3.37. The average Bonchev–Trinajstić information content (AvgIpc) is 3.00. The van der Waals surface area contributed by atoms with Crippen molar-refractivity contribution in [2.24, 2.45) is 11.8 Å². The highest BCUT2D eigenvalue weighted by molar-refractivity contribution is 5.65. The lowest BCUT2D eigenvalue weighted by atomic mass is 9.77. The Bertz CT molecular complexity index is 1450. The minimum absolute atomic E-state index is 0.0387. The highest BCUT2D eigenvalue weighted by atomic mass is 19.3. The van der Waals surface area contributed by atoms with Crippen LogP contribution < -0.4 is 4.74 Å². The molecule has 10 heteroatoms. The summed E-state index contributed by atoms with van der Waals surface area (Å²) < 4.78 is 116. The van der Waals surface area contributed by atoms with Gasteiger partial charge in [0.2, 0.25) is 0 Å². The molecule has 1 saturated carbocycles. The van der Waals surface area contributed by atoms with Crippen LogP contribution in [0.3, 0.4) is 0 Å². The minimum Gasteiger partial charge on any atom is -0.432 e. The largest absolute Gasteiger partial charge is 0.432 e. The van der Waals surface area contributed by atoms with Crippen molar-refractivity contribution in [2.75, 3.05) is 13.2 Å². The topological polar surface area (TPSA) is 27.7 Å². The molecular formula is C34H33F7O3. The normalized spacial score (nSPS) is 22.8. The van der Waals surface area contributed by atoms with Crippen molar-refractivity contribution in [3.8, 4) is 16.9 Å². The standard InChI is InChI=1S/C34H33F7O3/c1-2-3-4-5-20-18-42-33(43-19-20)23-9-13-27(29(36)15-23)22-8-12-26(28(35)14-22)21-6-10-24(11-7-21)34(40,41)44-25-16-30(37)32(39)31(38)17-25/h2-3,8-9,12-17,20-21,24,33H,4-7,10-11,18-19H2,1H3/b3-2+. The maximum atomic E-state index is 15.3. The molecule has 5 rings (SSSR count). The third-order valence-electron chi connectivity index (χ3n) is 8.37. The zero-order chi connectivity index (χ0) is 31.4. The van der Waals surface area contributed by atoms with E-state index < -0.39 is 53.2 Å². The molecule has 1 heterocycles. The predicted molar refractivity (Wildman–Crippen MR) is 151 cm³/mol. The molecule has 0 aromatic heterocycles. The molecule has 3 aromatic rings. The van der Waals surface area contributed by atoms with Gasteiger partial charge in [-0.2, -0.15) is 8.78 Å². The van der Waals surface area contributed by atoms with E-state index in [0.717, 1.165) is 12.8 Å². The highest BCUT2D eigenvalue weighted by Crippen LogP contribution is 2.44. The average molecular weight is 623 g/mol. The van der Waals surface area contributed by atoms with Crippen LogP contribution in [0.25, 0.3) is 11.1 Å². The quantitative estimate of drug-likeness (QED) is 0.135. The fourth-order valence-corrected chi connectivity index (χ4v) is 5.91. The van der Waals surface area contributed by atoms with Crippen molar-refractivity contribution in [3.63, 3.8) is 0 Å². The molecule has 1 aliphatic heterocycles. The van der Waals surface area contributed by atoms with Gasteiger partial charge in [-0.3, -0.25) is 0 Å². The van der Waals surface area contributed by atoms with Gasteiger partial charge in [-0.15, -0.1) is 0 Å². The van der Waals surface area contributed by atoms with Crippen LogP contribution in [0.2, 0.25) is 0 Å². The summed E-state index contributed by atoms with van der Waals surface area (Å²) in [5, 5.41) is 0. The zero-order valence-electron chi connectivity index (χ0n) is 24.1. The second-order valence-electron chi connectivity index (χ2n) is 11.4. The molecule has 3 nitrogen and oxygen atoms in total. The number of rotatable bonds is 9. The monoisotopic (exact) mass is 622 g/mol. The lowest BCUT2D eigenvalue weighted by Gasteiger charge is -2.33. The second kappa shape index (κ2) is 13.7. The SMILES string of the molecule is C/C=C/CCC1COC(c2ccc(-c3ccc(C4CCC(C(F)(F)Oc5cc(F)c(F)c(F)c5)CC4)c(F)c3)c(F)c2)OC1. The van der Waals surface area contributed by atoms with E-state index in [2.05, 4.69) is 10.8 Å². The van der Waals surface area contributed by atoms with Gasteiger partial charge in [0.1, 0.15) is 17.4 Å². The first-order valence-corrected chi connectivity index (χ1v) is 14.7. The predicted octanol–water partition coefficient (Wildman–Crippen LogP) is 10.0. The molecule has 0 spiro atoms. The molecule has 0 unspecified atom stereocenters. The molecule has 0 bridgehead atoms. The van der Waals surface area contributed by atoms with Gasteiger partial charge in [0.15, 0.2) is 23.7 Å². The summed E-state index contributed by atoms with van der Waals surface area (Å²) in [5.41, 5.74) is 1.40. The van der Waals surface area contributed by atoms with Gasteiger partial charge in [-0.25, -0.2) is 22.0 Å². The number of hydrogen-bond donors (Lipinski definition) is 0. The van der Waals surface area contributed by atoms with E-state index in [4.69, 9.17) is 9.47 Å². The van der Waals surface area contributed by atoms with Crippen molar-refractivity contribution in [1.29, 1.82) is 0 Å². The summed E-state index contributed by atoms with van der Waals surface area (Å²) >= 11 is 0. The third-order valence-corrected chi connectivity index (χ3v) is 8.37. The first-order chi connectivity index (χ1) is 21.1. The Morgan fingerprint density at radius 1 is 0.818 bits per heavy atom. The van der Waals surface area contributed by atoms with Crippen molar-refractivity contribution in [1.82, 2.24) is 0 Å². The van der Waals surface area contributed by atoms with Crippen LogP contribution in [0.15, 0.2) is 60.7 Å². The van der Waals surface area contributed by atoms with E-state index in [-0.39, 0.29) is 43.1 Å². The summed E-state index contributed by atoms with van der Waals surface area (Å²) in [7, 11) is 0. The molecule has 0 N–H and O–H groups in total. The van der Waals surface area contributed by atoms with Gasteiger partial charge in [0.25, 0.3) is 0 Å². The fourth-order valence-electron chi connectivity index (χ4n) is 5.91. The van der Waals surface area contributed by atoms with Gasteiger partial charge in [0.05, 0.1) is 19.1 Å². The van der Waals surface area contributed by atoms with Crippen LogP contribution in [0.1, 0.15) is 68.8 Å². The minimum atomic E-state index is -3.77. The van der Waals surface area contributed by atoms with Gasteiger partial charge in [0, 0.05) is 29.2 Å². The number of halogens is 7. The molecule has 0 amide bonds. The van der Waals surface area contributed by atoms with Crippen molar-refractivity contribution in [2.45, 2.75) is 63.8 Å². The zero-order valence-corrected chi connectivity index (χ0v) is 24.1. The highest BCUT2D eigenvalue weighted by Gasteiger charge is 2.44. The molecule has 236 valence electrons. The van der Waals surface area contributed by atoms with Gasteiger partial charge in [-0.05, 0) is 74.6 Å². The van der Waals surface area contributed by atoms with E-state index >= 15 is 8.78 Å². The van der Waals surface area contributed by atoms with E-state index in [9.17, 15) is 22.0 Å². The summed E-state index contributed by atoms with van der Waals surface area (Å²) in [6.45, 7) is 3.00. The lowest BCUT2D eigenvalue weighted by Crippen LogP contribution is -2.37. The number of ether oxygens (including phenoxy) is 3. The Morgan fingerprint density at radius 3 is 2.11 bits per heavy atom. The number of alkyl halides is 2. The molecular weight excluding hydrogens is 589 g/mol. The molecule has 3 aromatic carbocycles. The van der Waals surface area contributed by atoms with Crippen LogP contribution in [0.4, 0.5) is 30.7 Å². The Labute approximate surface area is 251 Å². The summed E-state index contributed by atoms with van der Waals surface area (Å²) in [4.78, 5) is 0. The Kier molecular flexibility index (Phi) is 10.00. The Balaban J connectivity index is 1.19. The molecule has 2 fully saturated rings. The molecule has 2 aliphatic rings. The van der Waals surface area contributed by atoms with Crippen LogP contribution in [0.5, 0.6) is 5.75 Å². The van der Waals surface area contributed by atoms with Crippen LogP contribution in [-0.2, 0) is 9.47 Å². The van der Waals surface area contributed by atoms with E-state index in [0.29, 0.717) is 42.0 Å². The maximum Gasteiger partial charge on any atom is 0.400 e. The van der Waals surface area contributed by atoms with Gasteiger partial charge >= 0.3 is 6.11 Å². The van der Waals surface area contributed by atoms with Gasteiger partial charge in [-0.1, -0.05) is 36.4 Å². The number of allylic oxidation sites excluding steroid dienone is 2. The van der Waals surface area contributed by atoms with E-state index in [1.807, 2.05) is 13.0 Å². The Morgan fingerprint density at radius 2 is 1.50 bits per heavy atom. The number of hydrogen-bond acceptors (Lipinski definition) is 3. The van der Waals surface area contributed by atoms with Crippen LogP contribution in [-0.4, -0.2) is 19.3 Å². The van der Waals surface area contributed by atoms with Gasteiger partial charge < -0.3 is 14.2 Å². The van der Waals surface area contributed by atoms with Crippen molar-refractivity contribution < 1.29 is 44.9 Å². The number of benzene rings is 3. The summed E-state index contributed by atoms with van der Waals surface area (Å²) in [5.74, 6) is -8.36. The van der Waals surface area contributed by atoms with Crippen molar-refractivity contribution >= 4 is 0 Å². The summed E-state index contributed by atoms with van der Waals surface area (Å²) in [6.07, 6.45) is 1.87. The second-order valence-corrected chi connectivity index (χ2v) is 11.4. The summed E-state index contributed by atoms with van der Waals surface area (Å²) in [6, 6.07) is 9.67. The first kappa shape index (κ1) is 32.0. The third kappa shape index (κ3) is 7.29. The molecule has 44 heavy (non-hydrogen) atoms. The van der Waals surface area contributed by atoms with E-state index in [1.165, 1.54) is 12.1 Å². The van der Waals surface area contributed by atoms with Crippen LogP contribution >= 0.6 is 0 Å². The van der Waals surface area contributed by atoms with E-state index in [1.54, 1.807) is 24.3 Å². The molecule has 1 aliphatic carbocycles. The van der Waals surface area contributed by atoms with Crippen LogP contribution in [0, 0.1) is 40.9 Å². The smallest absolute Gasteiger partial charge is 0.400 e. The lowest BCUT2D eigenvalue weighted by molar-refractivity contribution is -0.222. The maximum absolute atomic E-state index is 15.3. The molecule has 1 saturated heterocycles. The molecule has 0 radical (unpaired) electrons. The van der Waals surface area contributed by atoms with Crippen molar-refractivity contribution in [3.05, 3.63) is 101 Å². The fraction of sp³-hybridized carbons (Fsp3) is 0.412.